The second-order valence-electron chi connectivity index (χ2n) is 6.33. The Morgan fingerprint density at radius 2 is 1.96 bits per heavy atom. The number of aromatic nitrogens is 1. The lowest BCUT2D eigenvalue weighted by Crippen LogP contribution is -2.25. The average Bonchev–Trinajstić information content (AvgIpc) is 2.53. The van der Waals surface area contributed by atoms with Crippen LogP contribution in [0.5, 0.6) is 5.75 Å². The van der Waals surface area contributed by atoms with Gasteiger partial charge in [-0.1, -0.05) is 23.8 Å². The van der Waals surface area contributed by atoms with Crippen LogP contribution in [0.3, 0.4) is 0 Å². The predicted molar refractivity (Wildman–Crippen MR) is 99.2 cm³/mol. The van der Waals surface area contributed by atoms with Crippen molar-refractivity contribution in [2.75, 3.05) is 0 Å². The molecule has 2 heterocycles. The number of rotatable bonds is 0. The maximum absolute atomic E-state index is 12.7. The first-order valence-electron chi connectivity index (χ1n) is 8.36. The summed E-state index contributed by atoms with van der Waals surface area (Å²) in [7, 11) is 0. The number of phenolic OH excluding ortho intramolecular Hbond substituents is 1. The molecule has 5 heteroatoms. The summed E-state index contributed by atoms with van der Waals surface area (Å²) in [5.41, 5.74) is 5.20. The standard InChI is InChI=1S/C20H21ClN2O2/c1-12-8-14-6-4-3-5-7-16-17(9-15(21)10-19(16)24)20(25)22-11-18(14)13(2)23-12/h3,5,8-10,24H,4,6-7,11H2,1-2H3,(H,22,25)/b5-3+. The lowest BCUT2D eigenvalue weighted by atomic mass is 9.98. The van der Waals surface area contributed by atoms with E-state index in [1.807, 2.05) is 19.9 Å². The van der Waals surface area contributed by atoms with Crippen molar-refractivity contribution < 1.29 is 9.90 Å². The fourth-order valence-electron chi connectivity index (χ4n) is 3.26. The zero-order valence-electron chi connectivity index (χ0n) is 14.4. The first-order chi connectivity index (χ1) is 12.0. The largest absolute Gasteiger partial charge is 0.508 e. The Balaban J connectivity index is 2.02. The van der Waals surface area contributed by atoms with Crippen LogP contribution in [-0.2, 0) is 19.4 Å². The Morgan fingerprint density at radius 3 is 2.76 bits per heavy atom. The van der Waals surface area contributed by atoms with Crippen LogP contribution in [0.1, 0.15) is 44.9 Å². The minimum atomic E-state index is -0.243. The van der Waals surface area contributed by atoms with E-state index in [-0.39, 0.29) is 11.7 Å². The van der Waals surface area contributed by atoms with Gasteiger partial charge in [-0.3, -0.25) is 9.78 Å². The van der Waals surface area contributed by atoms with Crippen molar-refractivity contribution in [1.29, 1.82) is 0 Å². The number of nitrogens with one attached hydrogen (secondary N) is 1. The van der Waals surface area contributed by atoms with Crippen molar-refractivity contribution in [2.45, 2.75) is 39.7 Å². The molecule has 0 fully saturated rings. The van der Waals surface area contributed by atoms with Crippen molar-refractivity contribution in [1.82, 2.24) is 10.3 Å². The summed E-state index contributed by atoms with van der Waals surface area (Å²) >= 11 is 6.03. The first-order valence-corrected chi connectivity index (χ1v) is 8.74. The van der Waals surface area contributed by atoms with Crippen molar-refractivity contribution >= 4 is 17.5 Å². The number of carbonyl (C=O) groups is 1. The van der Waals surface area contributed by atoms with E-state index in [4.69, 9.17) is 11.6 Å². The number of halogens is 1. The Kier molecular flexibility index (Phi) is 5.09. The van der Waals surface area contributed by atoms with E-state index in [1.54, 1.807) is 6.07 Å². The number of hydrogen-bond donors (Lipinski definition) is 2. The number of amides is 1. The third kappa shape index (κ3) is 3.85. The predicted octanol–water partition coefficient (Wildman–Crippen LogP) is 4.03. The molecule has 0 unspecified atom stereocenters. The second kappa shape index (κ2) is 7.28. The van der Waals surface area contributed by atoms with Gasteiger partial charge in [-0.25, -0.2) is 0 Å². The molecule has 0 saturated carbocycles. The van der Waals surface area contributed by atoms with Gasteiger partial charge >= 0.3 is 0 Å². The van der Waals surface area contributed by atoms with Gasteiger partial charge in [0.05, 0.1) is 0 Å². The zero-order chi connectivity index (χ0) is 18.0. The molecule has 0 radical (unpaired) electrons. The van der Waals surface area contributed by atoms with E-state index in [2.05, 4.69) is 22.4 Å². The van der Waals surface area contributed by atoms with Crippen LogP contribution >= 0.6 is 11.6 Å². The molecule has 130 valence electrons. The number of nitrogens with zero attached hydrogens (tertiary/aromatic N) is 1. The van der Waals surface area contributed by atoms with Gasteiger partial charge < -0.3 is 10.4 Å². The molecule has 0 saturated heterocycles. The average molecular weight is 357 g/mol. The van der Waals surface area contributed by atoms with Gasteiger partial charge in [-0.2, -0.15) is 0 Å². The van der Waals surface area contributed by atoms with Gasteiger partial charge in [-0.15, -0.1) is 0 Å². The van der Waals surface area contributed by atoms with Crippen molar-refractivity contribution in [3.63, 3.8) is 0 Å². The van der Waals surface area contributed by atoms with Gasteiger partial charge in [0.2, 0.25) is 0 Å². The van der Waals surface area contributed by atoms with Crippen LogP contribution in [0.2, 0.25) is 5.02 Å². The molecule has 1 aromatic heterocycles. The van der Waals surface area contributed by atoms with Crippen LogP contribution in [0.4, 0.5) is 0 Å². The Labute approximate surface area is 152 Å². The molecule has 0 spiro atoms. The van der Waals surface area contributed by atoms with Crippen molar-refractivity contribution in [2.24, 2.45) is 0 Å². The third-order valence-corrected chi connectivity index (χ3v) is 4.70. The lowest BCUT2D eigenvalue weighted by molar-refractivity contribution is 0.0949. The maximum atomic E-state index is 12.7. The highest BCUT2D eigenvalue weighted by Crippen LogP contribution is 2.28. The quantitative estimate of drug-likeness (QED) is 0.700. The summed E-state index contributed by atoms with van der Waals surface area (Å²) in [6.45, 7) is 4.36. The normalized spacial score (nSPS) is 16.0. The topological polar surface area (TPSA) is 62.2 Å². The Morgan fingerprint density at radius 1 is 1.16 bits per heavy atom. The van der Waals surface area contributed by atoms with Gasteiger partial charge in [0.15, 0.2) is 0 Å². The summed E-state index contributed by atoms with van der Waals surface area (Å²) in [5, 5.41) is 13.5. The summed E-state index contributed by atoms with van der Waals surface area (Å²) in [4.78, 5) is 17.2. The molecule has 2 N–H and O–H groups in total. The van der Waals surface area contributed by atoms with Crippen LogP contribution in [0, 0.1) is 13.8 Å². The molecular weight excluding hydrogens is 336 g/mol. The van der Waals surface area contributed by atoms with E-state index in [9.17, 15) is 9.90 Å². The van der Waals surface area contributed by atoms with Gasteiger partial charge in [-0.05, 0) is 62.4 Å². The third-order valence-electron chi connectivity index (χ3n) is 4.48. The minimum Gasteiger partial charge on any atom is -0.508 e. The maximum Gasteiger partial charge on any atom is 0.252 e. The second-order valence-corrected chi connectivity index (χ2v) is 6.77. The highest BCUT2D eigenvalue weighted by atomic mass is 35.5. The number of allylic oxidation sites excluding steroid dienone is 2. The minimum absolute atomic E-state index is 0.0493. The van der Waals surface area contributed by atoms with E-state index >= 15 is 0 Å². The van der Waals surface area contributed by atoms with Crippen LogP contribution in [-0.4, -0.2) is 16.0 Å². The number of carbonyl (C=O) groups excluding carboxylic acids is 1. The Bertz CT molecular complexity index is 859. The summed E-state index contributed by atoms with van der Waals surface area (Å²) in [6, 6.07) is 5.16. The molecule has 1 amide bonds. The Hall–Kier alpha value is -2.33. The monoisotopic (exact) mass is 356 g/mol. The van der Waals surface area contributed by atoms with Gasteiger partial charge in [0.25, 0.3) is 5.91 Å². The number of phenols is 1. The van der Waals surface area contributed by atoms with Crippen molar-refractivity contribution in [3.8, 4) is 5.75 Å². The van der Waals surface area contributed by atoms with Crippen molar-refractivity contribution in [3.05, 3.63) is 69.0 Å². The number of benzene rings is 1. The zero-order valence-corrected chi connectivity index (χ0v) is 15.2. The van der Waals surface area contributed by atoms with E-state index in [0.29, 0.717) is 29.1 Å². The van der Waals surface area contributed by atoms with Crippen LogP contribution in [0.25, 0.3) is 0 Å². The molecule has 0 atom stereocenters. The van der Waals surface area contributed by atoms with E-state index < -0.39 is 0 Å². The molecule has 2 aromatic rings. The summed E-state index contributed by atoms with van der Waals surface area (Å²) in [6.07, 6.45) is 6.36. The number of pyridine rings is 1. The molecule has 3 rings (SSSR count). The molecule has 1 aliphatic rings. The number of hydrogen-bond acceptors (Lipinski definition) is 3. The fraction of sp³-hybridized carbons (Fsp3) is 0.300. The summed E-state index contributed by atoms with van der Waals surface area (Å²) in [5.74, 6) is -0.194. The molecule has 4 nitrogen and oxygen atoms in total. The highest BCUT2D eigenvalue weighted by Gasteiger charge is 2.17. The van der Waals surface area contributed by atoms with Gasteiger partial charge in [0.1, 0.15) is 5.75 Å². The fourth-order valence-corrected chi connectivity index (χ4v) is 3.47. The first kappa shape index (κ1) is 17.5. The molecular formula is C20H21ClN2O2. The molecule has 25 heavy (non-hydrogen) atoms. The number of aryl methyl sites for hydroxylation is 3. The van der Waals surface area contributed by atoms with E-state index in [1.165, 1.54) is 11.6 Å². The van der Waals surface area contributed by atoms with Gasteiger partial charge in [0, 0.05) is 34.1 Å². The number of fused-ring (bicyclic) bond motifs is 2. The molecule has 0 aliphatic carbocycles. The van der Waals surface area contributed by atoms with Crippen LogP contribution < -0.4 is 5.32 Å². The molecule has 0 bridgehead atoms. The van der Waals surface area contributed by atoms with E-state index in [0.717, 1.165) is 29.8 Å². The summed E-state index contributed by atoms with van der Waals surface area (Å²) < 4.78 is 0. The molecule has 1 aromatic carbocycles. The smallest absolute Gasteiger partial charge is 0.252 e. The highest BCUT2D eigenvalue weighted by molar-refractivity contribution is 6.31. The lowest BCUT2D eigenvalue weighted by Gasteiger charge is -2.16. The SMILES string of the molecule is Cc1cc2c(c(C)n1)CNC(=O)c1cc(Cl)cc(O)c1C/C=C/CC2. The number of aromatic hydroxyl groups is 1. The van der Waals surface area contributed by atoms with Crippen LogP contribution in [0.15, 0.2) is 30.4 Å². The molecule has 1 aliphatic heterocycles.